The maximum atomic E-state index is 11.4. The molecule has 0 aliphatic carbocycles. The summed E-state index contributed by atoms with van der Waals surface area (Å²) in [7, 11) is 1.34. The van der Waals surface area contributed by atoms with Gasteiger partial charge in [-0.3, -0.25) is 0 Å². The number of ether oxygens (including phenoxy) is 1. The molecule has 0 spiro atoms. The molecule has 0 bridgehead atoms. The number of rotatable bonds is 4. The zero-order chi connectivity index (χ0) is 13.2. The predicted octanol–water partition coefficient (Wildman–Crippen LogP) is 3.28. The fourth-order valence-corrected chi connectivity index (χ4v) is 4.18. The molecule has 0 amide bonds. The Kier molecular flexibility index (Phi) is 4.40. The van der Waals surface area contributed by atoms with Crippen molar-refractivity contribution in [1.29, 1.82) is 0 Å². The fourth-order valence-electron chi connectivity index (χ4n) is 1.83. The van der Waals surface area contributed by atoms with Crippen molar-refractivity contribution in [3.8, 4) is 0 Å². The van der Waals surface area contributed by atoms with E-state index in [2.05, 4.69) is 22.0 Å². The minimum Gasteiger partial charge on any atom is -0.465 e. The fraction of sp³-hybridized carbons (Fsp3) is 0.636. The van der Waals surface area contributed by atoms with Crippen LogP contribution in [0.5, 0.6) is 0 Å². The molecule has 0 saturated carbocycles. The molecule has 1 aromatic heterocycles. The number of halogens is 1. The molecule has 2 heterocycles. The first-order chi connectivity index (χ1) is 8.54. The highest BCUT2D eigenvalue weighted by atomic mass is 35.5. The van der Waals surface area contributed by atoms with Gasteiger partial charge in [0.2, 0.25) is 0 Å². The van der Waals surface area contributed by atoms with Gasteiger partial charge >= 0.3 is 5.97 Å². The van der Waals surface area contributed by atoms with Crippen molar-refractivity contribution in [3.63, 3.8) is 0 Å². The highest BCUT2D eigenvalue weighted by Gasteiger charge is 2.29. The molecule has 1 unspecified atom stereocenters. The van der Waals surface area contributed by atoms with Crippen molar-refractivity contribution in [2.45, 2.75) is 24.5 Å². The number of methoxy groups -OCH3 is 1. The zero-order valence-corrected chi connectivity index (χ0v) is 12.7. The van der Waals surface area contributed by atoms with Crippen LogP contribution in [0.15, 0.2) is 0 Å². The smallest absolute Gasteiger partial charge is 0.351 e. The van der Waals surface area contributed by atoms with Crippen molar-refractivity contribution in [2.75, 3.05) is 24.7 Å². The van der Waals surface area contributed by atoms with Gasteiger partial charge in [0, 0.05) is 11.3 Å². The lowest BCUT2D eigenvalue weighted by molar-refractivity contribution is 0.0606. The third kappa shape index (κ3) is 3.10. The second-order valence-corrected chi connectivity index (χ2v) is 7.43. The lowest BCUT2D eigenvalue weighted by Crippen LogP contribution is -2.26. The summed E-state index contributed by atoms with van der Waals surface area (Å²) in [5, 5.41) is 4.14. The number of hydrogen-bond donors (Lipinski definition) is 1. The van der Waals surface area contributed by atoms with Gasteiger partial charge in [-0.2, -0.15) is 11.8 Å². The van der Waals surface area contributed by atoms with Gasteiger partial charge in [0.15, 0.2) is 15.2 Å². The minimum atomic E-state index is -0.438. The van der Waals surface area contributed by atoms with Crippen LogP contribution in [0.2, 0.25) is 5.15 Å². The molecule has 100 valence electrons. The number of nitrogens with one attached hydrogen (secondary N) is 1. The van der Waals surface area contributed by atoms with E-state index >= 15 is 0 Å². The molecule has 1 saturated heterocycles. The molecule has 1 N–H and O–H groups in total. The minimum absolute atomic E-state index is 0.207. The Morgan fingerprint density at radius 2 is 2.44 bits per heavy atom. The molecule has 18 heavy (non-hydrogen) atoms. The molecule has 1 aliphatic rings. The SMILES string of the molecule is COC(=O)c1sc(NCC2(C)CCCS2)nc1Cl. The predicted molar refractivity (Wildman–Crippen MR) is 77.1 cm³/mol. The van der Waals surface area contributed by atoms with E-state index in [1.807, 2.05) is 11.8 Å². The monoisotopic (exact) mass is 306 g/mol. The number of thiazole rings is 1. The molecule has 7 heteroatoms. The molecule has 0 radical (unpaired) electrons. The van der Waals surface area contributed by atoms with Crippen LogP contribution in [0.25, 0.3) is 0 Å². The van der Waals surface area contributed by atoms with Gasteiger partial charge in [0.05, 0.1) is 7.11 Å². The van der Waals surface area contributed by atoms with Crippen molar-refractivity contribution in [3.05, 3.63) is 10.0 Å². The van der Waals surface area contributed by atoms with Gasteiger partial charge < -0.3 is 10.1 Å². The summed E-state index contributed by atoms with van der Waals surface area (Å²) in [6, 6.07) is 0. The molecule has 0 aromatic carbocycles. The van der Waals surface area contributed by atoms with Gasteiger partial charge in [0.1, 0.15) is 0 Å². The summed E-state index contributed by atoms with van der Waals surface area (Å²) in [5.74, 6) is 0.775. The number of esters is 1. The number of carbonyl (C=O) groups is 1. The summed E-state index contributed by atoms with van der Waals surface area (Å²) in [6.07, 6.45) is 2.46. The number of aromatic nitrogens is 1. The molecule has 1 aromatic rings. The number of anilines is 1. The molecule has 2 rings (SSSR count). The third-order valence-electron chi connectivity index (χ3n) is 2.87. The summed E-state index contributed by atoms with van der Waals surface area (Å²) in [4.78, 5) is 15.9. The number of thioether (sulfide) groups is 1. The lowest BCUT2D eigenvalue weighted by atomic mass is 10.1. The summed E-state index contributed by atoms with van der Waals surface area (Å²) < 4.78 is 4.90. The Balaban J connectivity index is 2.00. The van der Waals surface area contributed by atoms with Gasteiger partial charge in [-0.15, -0.1) is 0 Å². The second kappa shape index (κ2) is 5.67. The molecular formula is C11H15ClN2O2S2. The highest BCUT2D eigenvalue weighted by molar-refractivity contribution is 8.00. The third-order valence-corrected chi connectivity index (χ3v) is 5.79. The summed E-state index contributed by atoms with van der Waals surface area (Å²) >= 11 is 9.11. The van der Waals surface area contributed by atoms with E-state index in [1.165, 1.54) is 37.0 Å². The standard InChI is InChI=1S/C11H15ClN2O2S2/c1-11(4-3-5-17-11)6-13-10-14-8(12)7(18-10)9(15)16-2/h3-6H2,1-2H3,(H,13,14). The van der Waals surface area contributed by atoms with Crippen LogP contribution in [-0.2, 0) is 4.74 Å². The summed E-state index contributed by atoms with van der Waals surface area (Å²) in [6.45, 7) is 3.08. The van der Waals surface area contributed by atoms with E-state index in [1.54, 1.807) is 0 Å². The zero-order valence-electron chi connectivity index (χ0n) is 10.3. The first-order valence-electron chi connectivity index (χ1n) is 5.66. The number of nitrogens with zero attached hydrogens (tertiary/aromatic N) is 1. The van der Waals surface area contributed by atoms with Crippen LogP contribution < -0.4 is 5.32 Å². The van der Waals surface area contributed by atoms with E-state index in [4.69, 9.17) is 11.6 Å². The first kappa shape index (κ1) is 14.0. The van der Waals surface area contributed by atoms with Crippen LogP contribution in [0.3, 0.4) is 0 Å². The molecule has 1 atom stereocenters. The largest absolute Gasteiger partial charge is 0.465 e. The molecule has 4 nitrogen and oxygen atoms in total. The number of carbonyl (C=O) groups excluding carboxylic acids is 1. The van der Waals surface area contributed by atoms with Crippen LogP contribution in [0.1, 0.15) is 29.4 Å². The summed E-state index contributed by atoms with van der Waals surface area (Å²) in [5.41, 5.74) is 0. The highest BCUT2D eigenvalue weighted by Crippen LogP contribution is 2.38. The Labute approximate surface area is 119 Å². The van der Waals surface area contributed by atoms with Gasteiger partial charge in [0.25, 0.3) is 0 Å². The van der Waals surface area contributed by atoms with Crippen molar-refractivity contribution in [1.82, 2.24) is 4.98 Å². The Morgan fingerprint density at radius 3 is 3.06 bits per heavy atom. The topological polar surface area (TPSA) is 51.2 Å². The molecule has 1 fully saturated rings. The van der Waals surface area contributed by atoms with Crippen LogP contribution in [0.4, 0.5) is 5.13 Å². The quantitative estimate of drug-likeness (QED) is 0.865. The Morgan fingerprint density at radius 1 is 1.67 bits per heavy atom. The molecular weight excluding hydrogens is 292 g/mol. The first-order valence-corrected chi connectivity index (χ1v) is 7.84. The average molecular weight is 307 g/mol. The van der Waals surface area contributed by atoms with E-state index in [9.17, 15) is 4.79 Å². The van der Waals surface area contributed by atoms with Crippen LogP contribution in [0, 0.1) is 0 Å². The maximum absolute atomic E-state index is 11.4. The van der Waals surface area contributed by atoms with Crippen molar-refractivity contribution < 1.29 is 9.53 Å². The second-order valence-electron chi connectivity index (χ2n) is 4.39. The van der Waals surface area contributed by atoms with Crippen LogP contribution >= 0.6 is 34.7 Å². The molecule has 1 aliphatic heterocycles. The maximum Gasteiger partial charge on any atom is 0.351 e. The van der Waals surface area contributed by atoms with Gasteiger partial charge in [-0.25, -0.2) is 9.78 Å². The van der Waals surface area contributed by atoms with E-state index < -0.39 is 5.97 Å². The average Bonchev–Trinajstić information content (AvgIpc) is 2.93. The van der Waals surface area contributed by atoms with Gasteiger partial charge in [-0.05, 0) is 25.5 Å². The van der Waals surface area contributed by atoms with E-state index in [0.29, 0.717) is 10.0 Å². The normalized spacial score (nSPS) is 23.1. The van der Waals surface area contributed by atoms with Gasteiger partial charge in [-0.1, -0.05) is 22.9 Å². The number of hydrogen-bond acceptors (Lipinski definition) is 6. The van der Waals surface area contributed by atoms with Crippen LogP contribution in [-0.4, -0.2) is 35.1 Å². The van der Waals surface area contributed by atoms with Crippen molar-refractivity contribution in [2.24, 2.45) is 0 Å². The van der Waals surface area contributed by atoms with E-state index in [-0.39, 0.29) is 9.90 Å². The lowest BCUT2D eigenvalue weighted by Gasteiger charge is -2.22. The van der Waals surface area contributed by atoms with E-state index in [0.717, 1.165) is 6.54 Å². The Hall–Kier alpha value is -0.460. The van der Waals surface area contributed by atoms with Crippen molar-refractivity contribution >= 4 is 45.8 Å². The Bertz CT molecular complexity index is 444.